The first-order valence-electron chi connectivity index (χ1n) is 6.12. The minimum Gasteiger partial charge on any atom is -0.349 e. The predicted molar refractivity (Wildman–Crippen MR) is 73.1 cm³/mol. The lowest BCUT2D eigenvalue weighted by molar-refractivity contribution is 0.0935. The van der Waals surface area contributed by atoms with Crippen molar-refractivity contribution in [2.45, 2.75) is 32.7 Å². The maximum absolute atomic E-state index is 11.9. The number of H-pyrrole nitrogens is 1. The number of nitrogens with zero attached hydrogens (tertiary/aromatic N) is 2. The maximum Gasteiger partial charge on any atom is 0.273 e. The highest BCUT2D eigenvalue weighted by atomic mass is 35.5. The lowest BCUT2D eigenvalue weighted by Gasteiger charge is -2.23. The van der Waals surface area contributed by atoms with E-state index in [9.17, 15) is 4.79 Å². The fraction of sp³-hybridized carbons (Fsp3) is 0.667. The first kappa shape index (κ1) is 15.0. The fourth-order valence-electron chi connectivity index (χ4n) is 1.74. The first-order chi connectivity index (χ1) is 8.47. The summed E-state index contributed by atoms with van der Waals surface area (Å²) in [6.07, 6.45) is 2.13. The van der Waals surface area contributed by atoms with E-state index in [4.69, 9.17) is 11.6 Å². The molecule has 0 aliphatic carbocycles. The van der Waals surface area contributed by atoms with E-state index in [1.807, 2.05) is 14.1 Å². The molecule has 1 rings (SSSR count). The molecule has 0 aromatic carbocycles. The Morgan fingerprint density at radius 1 is 1.56 bits per heavy atom. The molecule has 102 valence electrons. The molecule has 0 spiro atoms. The number of carbonyl (C=O) groups is 1. The highest BCUT2D eigenvalue weighted by Crippen LogP contribution is 2.16. The molecule has 1 aromatic heterocycles. The van der Waals surface area contributed by atoms with Gasteiger partial charge >= 0.3 is 0 Å². The molecule has 1 amide bonds. The highest BCUT2D eigenvalue weighted by molar-refractivity contribution is 6.34. The third-order valence-electron chi connectivity index (χ3n) is 2.94. The molecule has 5 nitrogen and oxygen atoms in total. The van der Waals surface area contributed by atoms with E-state index in [0.29, 0.717) is 23.3 Å². The smallest absolute Gasteiger partial charge is 0.273 e. The molecule has 0 aliphatic rings. The second-order valence-electron chi connectivity index (χ2n) is 4.63. The Balaban J connectivity index is 2.57. The minimum absolute atomic E-state index is 0.229. The van der Waals surface area contributed by atoms with Crippen LogP contribution in [0.25, 0.3) is 0 Å². The van der Waals surface area contributed by atoms with Crippen LogP contribution in [0.2, 0.25) is 5.02 Å². The SMILES string of the molecule is CCC[C@H](CNC(=O)c1n[nH]c(C)c1Cl)N(C)C. The van der Waals surface area contributed by atoms with Crippen LogP contribution in [0.5, 0.6) is 0 Å². The van der Waals surface area contributed by atoms with Gasteiger partial charge in [0.25, 0.3) is 5.91 Å². The zero-order valence-electron chi connectivity index (χ0n) is 11.4. The second kappa shape index (κ2) is 6.75. The van der Waals surface area contributed by atoms with Crippen molar-refractivity contribution in [3.63, 3.8) is 0 Å². The highest BCUT2D eigenvalue weighted by Gasteiger charge is 2.18. The topological polar surface area (TPSA) is 61.0 Å². The van der Waals surface area contributed by atoms with Crippen molar-refractivity contribution in [1.29, 1.82) is 0 Å². The van der Waals surface area contributed by atoms with Crippen LogP contribution < -0.4 is 5.32 Å². The number of likely N-dealkylation sites (N-methyl/N-ethyl adjacent to an activating group) is 1. The van der Waals surface area contributed by atoms with Crippen molar-refractivity contribution < 1.29 is 4.79 Å². The van der Waals surface area contributed by atoms with Crippen LogP contribution in [0.3, 0.4) is 0 Å². The Morgan fingerprint density at radius 3 is 2.67 bits per heavy atom. The number of aromatic amines is 1. The molecule has 0 saturated heterocycles. The maximum atomic E-state index is 11.9. The molecular formula is C12H21ClN4O. The number of nitrogens with one attached hydrogen (secondary N) is 2. The summed E-state index contributed by atoms with van der Waals surface area (Å²) in [5.41, 5.74) is 0.975. The first-order valence-corrected chi connectivity index (χ1v) is 6.50. The monoisotopic (exact) mass is 272 g/mol. The van der Waals surface area contributed by atoms with E-state index in [0.717, 1.165) is 12.8 Å². The lowest BCUT2D eigenvalue weighted by Crippen LogP contribution is -2.40. The van der Waals surface area contributed by atoms with Crippen LogP contribution in [0, 0.1) is 6.92 Å². The summed E-state index contributed by atoms with van der Waals surface area (Å²) in [5.74, 6) is -0.229. The summed E-state index contributed by atoms with van der Waals surface area (Å²) in [4.78, 5) is 14.0. The van der Waals surface area contributed by atoms with Crippen molar-refractivity contribution >= 4 is 17.5 Å². The summed E-state index contributed by atoms with van der Waals surface area (Å²) in [7, 11) is 4.02. The second-order valence-corrected chi connectivity index (χ2v) is 5.01. The van der Waals surface area contributed by atoms with Gasteiger partial charge in [-0.2, -0.15) is 5.10 Å². The van der Waals surface area contributed by atoms with E-state index in [1.165, 1.54) is 0 Å². The molecule has 2 N–H and O–H groups in total. The van der Waals surface area contributed by atoms with Gasteiger partial charge in [0.1, 0.15) is 0 Å². The van der Waals surface area contributed by atoms with Crippen molar-refractivity contribution in [3.05, 3.63) is 16.4 Å². The van der Waals surface area contributed by atoms with E-state index in [-0.39, 0.29) is 11.6 Å². The van der Waals surface area contributed by atoms with Gasteiger partial charge in [0.15, 0.2) is 5.69 Å². The largest absolute Gasteiger partial charge is 0.349 e. The molecule has 18 heavy (non-hydrogen) atoms. The summed E-state index contributed by atoms with van der Waals surface area (Å²) in [5, 5.41) is 9.87. The molecule has 1 heterocycles. The average molecular weight is 273 g/mol. The Morgan fingerprint density at radius 2 is 2.22 bits per heavy atom. The van der Waals surface area contributed by atoms with Gasteiger partial charge in [-0.05, 0) is 27.4 Å². The van der Waals surface area contributed by atoms with Gasteiger partial charge in [-0.15, -0.1) is 0 Å². The van der Waals surface area contributed by atoms with Crippen LogP contribution >= 0.6 is 11.6 Å². The van der Waals surface area contributed by atoms with Crippen LogP contribution in [0.15, 0.2) is 0 Å². The van der Waals surface area contributed by atoms with E-state index < -0.39 is 0 Å². The molecule has 0 saturated carbocycles. The Kier molecular flexibility index (Phi) is 5.62. The number of amides is 1. The standard InChI is InChI=1S/C12H21ClN4O/c1-5-6-9(17(3)4)7-14-12(18)11-10(13)8(2)15-16-11/h9H,5-7H2,1-4H3,(H,14,18)(H,15,16)/t9-/m1/s1. The Hall–Kier alpha value is -1.07. The van der Waals surface area contributed by atoms with Crippen LogP contribution in [0.4, 0.5) is 0 Å². The number of aromatic nitrogens is 2. The predicted octanol–water partition coefficient (Wildman–Crippen LogP) is 1.83. The molecule has 0 fully saturated rings. The van der Waals surface area contributed by atoms with Crippen LogP contribution in [0.1, 0.15) is 35.9 Å². The molecule has 0 bridgehead atoms. The zero-order chi connectivity index (χ0) is 13.7. The van der Waals surface area contributed by atoms with Gasteiger partial charge < -0.3 is 10.2 Å². The molecule has 0 unspecified atom stereocenters. The van der Waals surface area contributed by atoms with Crippen LogP contribution in [-0.4, -0.2) is 47.7 Å². The molecule has 0 aliphatic heterocycles. The molecule has 1 aromatic rings. The summed E-state index contributed by atoms with van der Waals surface area (Å²) in [6, 6.07) is 0.331. The lowest BCUT2D eigenvalue weighted by atomic mass is 10.1. The third-order valence-corrected chi connectivity index (χ3v) is 3.40. The Labute approximate surface area is 113 Å². The van der Waals surface area contributed by atoms with Gasteiger partial charge in [0, 0.05) is 12.6 Å². The zero-order valence-corrected chi connectivity index (χ0v) is 12.1. The van der Waals surface area contributed by atoms with Crippen molar-refractivity contribution in [2.24, 2.45) is 0 Å². The van der Waals surface area contributed by atoms with Gasteiger partial charge in [0.2, 0.25) is 0 Å². The average Bonchev–Trinajstić information content (AvgIpc) is 2.65. The summed E-state index contributed by atoms with van der Waals surface area (Å²) < 4.78 is 0. The normalized spacial score (nSPS) is 12.8. The van der Waals surface area contributed by atoms with Crippen LogP contribution in [-0.2, 0) is 0 Å². The number of aryl methyl sites for hydroxylation is 1. The van der Waals surface area contributed by atoms with Gasteiger partial charge in [-0.3, -0.25) is 9.89 Å². The Bertz CT molecular complexity index is 403. The van der Waals surface area contributed by atoms with E-state index >= 15 is 0 Å². The molecular weight excluding hydrogens is 252 g/mol. The van der Waals surface area contributed by atoms with Gasteiger partial charge in [0.05, 0.1) is 10.7 Å². The fourth-order valence-corrected chi connectivity index (χ4v) is 1.91. The summed E-state index contributed by atoms with van der Waals surface area (Å²) in [6.45, 7) is 4.51. The number of hydrogen-bond acceptors (Lipinski definition) is 3. The van der Waals surface area contributed by atoms with Gasteiger partial charge in [-0.25, -0.2) is 0 Å². The summed E-state index contributed by atoms with van der Waals surface area (Å²) >= 11 is 5.98. The number of carbonyl (C=O) groups excluding carboxylic acids is 1. The van der Waals surface area contributed by atoms with Crippen molar-refractivity contribution in [3.8, 4) is 0 Å². The van der Waals surface area contributed by atoms with Crippen molar-refractivity contribution in [2.75, 3.05) is 20.6 Å². The van der Waals surface area contributed by atoms with E-state index in [1.54, 1.807) is 6.92 Å². The minimum atomic E-state index is -0.229. The quantitative estimate of drug-likeness (QED) is 0.831. The molecule has 1 atom stereocenters. The molecule has 6 heteroatoms. The number of hydrogen-bond donors (Lipinski definition) is 2. The van der Waals surface area contributed by atoms with Gasteiger partial charge in [-0.1, -0.05) is 24.9 Å². The van der Waals surface area contributed by atoms with Crippen molar-refractivity contribution in [1.82, 2.24) is 20.4 Å². The molecule has 0 radical (unpaired) electrons. The number of halogens is 1. The third kappa shape index (κ3) is 3.71. The van der Waals surface area contributed by atoms with E-state index in [2.05, 4.69) is 27.3 Å². The number of rotatable bonds is 6.